The van der Waals surface area contributed by atoms with Crippen LogP contribution in [0.1, 0.15) is 24.5 Å². The normalized spacial score (nSPS) is 21.9. The van der Waals surface area contributed by atoms with Gasteiger partial charge in [-0.25, -0.2) is 4.68 Å². The highest BCUT2D eigenvalue weighted by molar-refractivity contribution is 6.27. The quantitative estimate of drug-likeness (QED) is 0.666. The van der Waals surface area contributed by atoms with Gasteiger partial charge in [0.25, 0.3) is 0 Å². The minimum Gasteiger partial charge on any atom is -0.306 e. The Morgan fingerprint density at radius 3 is 2.76 bits per heavy atom. The molecule has 6 heteroatoms. The molecule has 108 valence electrons. The molecule has 0 amide bonds. The Morgan fingerprint density at radius 2 is 2.10 bits per heavy atom. The Labute approximate surface area is 122 Å². The molecule has 1 saturated heterocycles. The van der Waals surface area contributed by atoms with Crippen LogP contribution in [0, 0.1) is 0 Å². The molecule has 1 aromatic carbocycles. The number of hydrogen-bond acceptors (Lipinski definition) is 5. The van der Waals surface area contributed by atoms with Crippen LogP contribution in [-0.2, 0) is 9.59 Å². The van der Waals surface area contributed by atoms with Crippen molar-refractivity contribution in [3.63, 3.8) is 0 Å². The maximum atomic E-state index is 11.3. The molecule has 0 radical (unpaired) electrons. The van der Waals surface area contributed by atoms with Crippen molar-refractivity contribution in [3.8, 4) is 5.69 Å². The first kappa shape index (κ1) is 13.6. The van der Waals surface area contributed by atoms with E-state index >= 15 is 0 Å². The SMILES string of the molecule is O=CC(=O)C1CCC(c2cn(-c3ccccc3)nn2)CN1. The zero-order chi connectivity index (χ0) is 14.7. The minimum atomic E-state index is -0.374. The fourth-order valence-corrected chi connectivity index (χ4v) is 2.60. The molecule has 1 aliphatic rings. The third kappa shape index (κ3) is 2.90. The minimum absolute atomic E-state index is 0.221. The molecule has 0 spiro atoms. The van der Waals surface area contributed by atoms with Crippen molar-refractivity contribution in [2.24, 2.45) is 0 Å². The average molecular weight is 284 g/mol. The Balaban J connectivity index is 1.68. The summed E-state index contributed by atoms with van der Waals surface area (Å²) in [7, 11) is 0. The molecule has 1 aliphatic heterocycles. The molecule has 2 aromatic rings. The highest BCUT2D eigenvalue weighted by Gasteiger charge is 2.27. The zero-order valence-electron chi connectivity index (χ0n) is 11.5. The molecule has 3 rings (SSSR count). The average Bonchev–Trinajstić information content (AvgIpc) is 3.05. The van der Waals surface area contributed by atoms with Gasteiger partial charge in [-0.15, -0.1) is 5.10 Å². The molecule has 21 heavy (non-hydrogen) atoms. The van der Waals surface area contributed by atoms with Crippen LogP contribution in [-0.4, -0.2) is 39.6 Å². The molecule has 0 bridgehead atoms. The van der Waals surface area contributed by atoms with Crippen LogP contribution in [0.2, 0.25) is 0 Å². The van der Waals surface area contributed by atoms with Crippen LogP contribution in [0.4, 0.5) is 0 Å². The lowest BCUT2D eigenvalue weighted by Gasteiger charge is -2.26. The number of nitrogens with zero attached hydrogens (tertiary/aromatic N) is 3. The van der Waals surface area contributed by atoms with Crippen LogP contribution in [0.3, 0.4) is 0 Å². The van der Waals surface area contributed by atoms with Gasteiger partial charge in [0.2, 0.25) is 5.78 Å². The van der Waals surface area contributed by atoms with Gasteiger partial charge in [-0.3, -0.25) is 9.59 Å². The summed E-state index contributed by atoms with van der Waals surface area (Å²) in [5.41, 5.74) is 1.87. The van der Waals surface area contributed by atoms with Crippen molar-refractivity contribution in [2.45, 2.75) is 24.8 Å². The van der Waals surface area contributed by atoms with E-state index < -0.39 is 0 Å². The number of ketones is 1. The highest BCUT2D eigenvalue weighted by Crippen LogP contribution is 2.24. The van der Waals surface area contributed by atoms with Crippen LogP contribution in [0.15, 0.2) is 36.5 Å². The van der Waals surface area contributed by atoms with E-state index in [9.17, 15) is 9.59 Å². The molecule has 1 aromatic heterocycles. The van der Waals surface area contributed by atoms with Crippen LogP contribution in [0.5, 0.6) is 0 Å². The Bertz CT molecular complexity index is 630. The number of aldehydes is 1. The molecule has 0 aliphatic carbocycles. The van der Waals surface area contributed by atoms with Gasteiger partial charge in [-0.1, -0.05) is 23.4 Å². The molecule has 6 nitrogen and oxygen atoms in total. The predicted octanol–water partition coefficient (Wildman–Crippen LogP) is 0.871. The maximum Gasteiger partial charge on any atom is 0.212 e. The molecule has 2 atom stereocenters. The van der Waals surface area contributed by atoms with Crippen molar-refractivity contribution in [1.82, 2.24) is 20.3 Å². The fraction of sp³-hybridized carbons (Fsp3) is 0.333. The second-order valence-electron chi connectivity index (χ2n) is 5.18. The topological polar surface area (TPSA) is 76.9 Å². The number of aromatic nitrogens is 3. The van der Waals surface area contributed by atoms with Gasteiger partial charge in [0.1, 0.15) is 0 Å². The second-order valence-corrected chi connectivity index (χ2v) is 5.18. The third-order valence-corrected chi connectivity index (χ3v) is 3.82. The van der Waals surface area contributed by atoms with Crippen molar-refractivity contribution in [1.29, 1.82) is 0 Å². The number of rotatable bonds is 4. The summed E-state index contributed by atoms with van der Waals surface area (Å²) in [6.07, 6.45) is 3.79. The number of hydrogen-bond donors (Lipinski definition) is 1. The number of nitrogens with one attached hydrogen (secondary N) is 1. The van der Waals surface area contributed by atoms with E-state index in [1.165, 1.54) is 0 Å². The third-order valence-electron chi connectivity index (χ3n) is 3.82. The van der Waals surface area contributed by atoms with Gasteiger partial charge in [-0.05, 0) is 25.0 Å². The summed E-state index contributed by atoms with van der Waals surface area (Å²) >= 11 is 0. The monoisotopic (exact) mass is 284 g/mol. The van der Waals surface area contributed by atoms with Gasteiger partial charge in [0.05, 0.1) is 23.6 Å². The molecule has 0 saturated carbocycles. The molecule has 2 heterocycles. The van der Waals surface area contributed by atoms with E-state index in [0.29, 0.717) is 19.3 Å². The number of para-hydroxylation sites is 1. The summed E-state index contributed by atoms with van der Waals surface area (Å²) in [5.74, 6) is -0.153. The first-order valence-electron chi connectivity index (χ1n) is 6.98. The number of carbonyl (C=O) groups excluding carboxylic acids is 2. The summed E-state index contributed by atoms with van der Waals surface area (Å²) < 4.78 is 1.75. The van der Waals surface area contributed by atoms with Crippen molar-refractivity contribution in [3.05, 3.63) is 42.2 Å². The summed E-state index contributed by atoms with van der Waals surface area (Å²) in [5, 5.41) is 11.5. The highest BCUT2D eigenvalue weighted by atomic mass is 16.2. The predicted molar refractivity (Wildman–Crippen MR) is 76.2 cm³/mol. The first-order chi connectivity index (χ1) is 10.3. The Morgan fingerprint density at radius 1 is 1.29 bits per heavy atom. The Kier molecular flexibility index (Phi) is 3.87. The fourth-order valence-electron chi connectivity index (χ4n) is 2.60. The van der Waals surface area contributed by atoms with Crippen molar-refractivity contribution in [2.75, 3.05) is 6.54 Å². The number of piperidine rings is 1. The lowest BCUT2D eigenvalue weighted by molar-refractivity contribution is -0.131. The van der Waals surface area contributed by atoms with Crippen LogP contribution in [0.25, 0.3) is 5.69 Å². The van der Waals surface area contributed by atoms with E-state index in [2.05, 4.69) is 15.6 Å². The number of benzene rings is 1. The first-order valence-corrected chi connectivity index (χ1v) is 6.98. The van der Waals surface area contributed by atoms with E-state index in [-0.39, 0.29) is 17.7 Å². The Hall–Kier alpha value is -2.34. The zero-order valence-corrected chi connectivity index (χ0v) is 11.5. The summed E-state index contributed by atoms with van der Waals surface area (Å²) in [6, 6.07) is 9.45. The number of carbonyl (C=O) groups is 2. The lowest BCUT2D eigenvalue weighted by Crippen LogP contribution is -2.43. The molecule has 1 fully saturated rings. The van der Waals surface area contributed by atoms with Crippen molar-refractivity contribution >= 4 is 12.1 Å². The van der Waals surface area contributed by atoms with E-state index in [1.54, 1.807) is 4.68 Å². The van der Waals surface area contributed by atoms with E-state index in [0.717, 1.165) is 17.8 Å². The van der Waals surface area contributed by atoms with E-state index in [4.69, 9.17) is 0 Å². The maximum absolute atomic E-state index is 11.3. The molecular weight excluding hydrogens is 268 g/mol. The molecular formula is C15H16N4O2. The van der Waals surface area contributed by atoms with Gasteiger partial charge in [0, 0.05) is 12.5 Å². The van der Waals surface area contributed by atoms with Crippen LogP contribution >= 0.6 is 0 Å². The van der Waals surface area contributed by atoms with Gasteiger partial charge in [-0.2, -0.15) is 0 Å². The van der Waals surface area contributed by atoms with Gasteiger partial charge >= 0.3 is 0 Å². The van der Waals surface area contributed by atoms with Gasteiger partial charge in [0.15, 0.2) is 6.29 Å². The standard InChI is InChI=1S/C15H16N4O2/c20-10-15(21)13-7-6-11(8-16-13)14-9-19(18-17-14)12-4-2-1-3-5-12/h1-5,9-11,13,16H,6-8H2. The molecule has 1 N–H and O–H groups in total. The molecule has 2 unspecified atom stereocenters. The largest absolute Gasteiger partial charge is 0.306 e. The summed E-state index contributed by atoms with van der Waals surface area (Å²) in [6.45, 7) is 0.637. The van der Waals surface area contributed by atoms with E-state index in [1.807, 2.05) is 36.5 Å². The number of Topliss-reactive ketones (excluding diaryl/α,β-unsaturated/α-hetero) is 1. The smallest absolute Gasteiger partial charge is 0.212 e. The summed E-state index contributed by atoms with van der Waals surface area (Å²) in [4.78, 5) is 21.8. The van der Waals surface area contributed by atoms with Crippen molar-refractivity contribution < 1.29 is 9.59 Å². The van der Waals surface area contributed by atoms with Crippen LogP contribution < -0.4 is 5.32 Å². The second kappa shape index (κ2) is 5.97. The van der Waals surface area contributed by atoms with Gasteiger partial charge < -0.3 is 5.32 Å². The lowest BCUT2D eigenvalue weighted by atomic mass is 9.91.